The van der Waals surface area contributed by atoms with Gasteiger partial charge in [0.2, 0.25) is 5.88 Å². The Balaban J connectivity index is 0.993. The lowest BCUT2D eigenvalue weighted by molar-refractivity contribution is -0.117. The van der Waals surface area contributed by atoms with Crippen LogP contribution in [0.2, 0.25) is 0 Å². The average Bonchev–Trinajstić information content (AvgIpc) is 3.28. The molecule has 1 saturated carbocycles. The van der Waals surface area contributed by atoms with Crippen molar-refractivity contribution >= 4 is 32.4 Å². The van der Waals surface area contributed by atoms with E-state index < -0.39 is 0 Å². The Morgan fingerprint density at radius 2 is 1.77 bits per heavy atom. The number of Topliss-reactive ketones (excluding diaryl/α,β-unsaturated/α-hetero) is 1. The third-order valence-corrected chi connectivity index (χ3v) is 9.13. The molecule has 0 bridgehead atoms. The summed E-state index contributed by atoms with van der Waals surface area (Å²) >= 11 is 1.56. The number of fused-ring (bicyclic) bond motifs is 3. The fraction of sp³-hybridized carbons (Fsp3) is 0.314. The van der Waals surface area contributed by atoms with E-state index in [2.05, 4.69) is 66.7 Å². The molecule has 43 heavy (non-hydrogen) atoms. The Bertz CT molecular complexity index is 1910. The highest BCUT2D eigenvalue weighted by Gasteiger charge is 2.43. The van der Waals surface area contributed by atoms with Crippen LogP contribution in [-0.4, -0.2) is 31.9 Å². The Morgan fingerprint density at radius 1 is 0.977 bits per heavy atom. The normalized spacial score (nSPS) is 14.4. The van der Waals surface area contributed by atoms with Gasteiger partial charge < -0.3 is 9.26 Å². The van der Waals surface area contributed by atoms with Gasteiger partial charge in [-0.3, -0.25) is 9.20 Å². The second-order valence-electron chi connectivity index (χ2n) is 12.8. The summed E-state index contributed by atoms with van der Waals surface area (Å²) in [5.41, 5.74) is 6.02. The molecule has 7 nitrogen and oxygen atoms in total. The molecule has 1 aliphatic carbocycles. The first kappa shape index (κ1) is 27.5. The number of ketones is 1. The molecule has 0 amide bonds. The SMILES string of the molecule is CC(C)(C)c1cc(CC(=O)Cc2ccc(-c3cn4c(n3)sc3nc(OCC5(Cc6ccccc6)CC5)ccc34)cc2)no1. The summed E-state index contributed by atoms with van der Waals surface area (Å²) in [5.74, 6) is 1.56. The monoisotopic (exact) mass is 590 g/mol. The van der Waals surface area contributed by atoms with Gasteiger partial charge in [0.15, 0.2) is 4.96 Å². The number of hydrogen-bond acceptors (Lipinski definition) is 7. The summed E-state index contributed by atoms with van der Waals surface area (Å²) in [5, 5.41) is 4.08. The van der Waals surface area contributed by atoms with Gasteiger partial charge in [-0.2, -0.15) is 0 Å². The molecular formula is C35H34N4O3S. The first-order valence-corrected chi connectivity index (χ1v) is 15.6. The minimum Gasteiger partial charge on any atom is -0.477 e. The van der Waals surface area contributed by atoms with Gasteiger partial charge >= 0.3 is 0 Å². The molecule has 1 fully saturated rings. The van der Waals surface area contributed by atoms with E-state index in [4.69, 9.17) is 19.2 Å². The molecule has 2 aromatic carbocycles. The minimum absolute atomic E-state index is 0.106. The van der Waals surface area contributed by atoms with Gasteiger partial charge in [-0.25, -0.2) is 9.97 Å². The number of ether oxygens (including phenoxy) is 1. The fourth-order valence-electron chi connectivity index (χ4n) is 5.43. The molecule has 4 aromatic heterocycles. The van der Waals surface area contributed by atoms with E-state index >= 15 is 0 Å². The van der Waals surface area contributed by atoms with E-state index in [9.17, 15) is 4.79 Å². The van der Waals surface area contributed by atoms with Crippen LogP contribution in [0, 0.1) is 5.41 Å². The number of aromatic nitrogens is 4. The van der Waals surface area contributed by atoms with E-state index in [-0.39, 0.29) is 23.0 Å². The lowest BCUT2D eigenvalue weighted by Crippen LogP contribution is -2.16. The van der Waals surface area contributed by atoms with Crippen LogP contribution in [0.1, 0.15) is 56.2 Å². The molecule has 6 aromatic rings. The van der Waals surface area contributed by atoms with Crippen molar-refractivity contribution in [3.8, 4) is 17.1 Å². The molecular weight excluding hydrogens is 556 g/mol. The first-order chi connectivity index (χ1) is 20.7. The highest BCUT2D eigenvalue weighted by molar-refractivity contribution is 7.23. The second kappa shape index (κ2) is 10.8. The van der Waals surface area contributed by atoms with Gasteiger partial charge in [-0.05, 0) is 36.5 Å². The van der Waals surface area contributed by atoms with Crippen molar-refractivity contribution in [3.63, 3.8) is 0 Å². The summed E-state index contributed by atoms with van der Waals surface area (Å²) in [6.45, 7) is 6.88. The van der Waals surface area contributed by atoms with Crippen LogP contribution in [0.25, 0.3) is 26.6 Å². The van der Waals surface area contributed by atoms with Crippen molar-refractivity contribution in [1.29, 1.82) is 0 Å². The number of pyridine rings is 1. The molecule has 0 saturated heterocycles. The van der Waals surface area contributed by atoms with Gasteiger partial charge in [0.25, 0.3) is 0 Å². The predicted octanol–water partition coefficient (Wildman–Crippen LogP) is 7.65. The molecule has 7 rings (SSSR count). The van der Waals surface area contributed by atoms with Crippen molar-refractivity contribution in [2.75, 3.05) is 6.61 Å². The molecule has 1 aliphatic rings. The van der Waals surface area contributed by atoms with Crippen LogP contribution in [0.3, 0.4) is 0 Å². The number of hydrogen-bond donors (Lipinski definition) is 0. The van der Waals surface area contributed by atoms with E-state index in [0.717, 1.165) is 44.3 Å². The topological polar surface area (TPSA) is 82.5 Å². The van der Waals surface area contributed by atoms with Crippen molar-refractivity contribution in [2.45, 2.75) is 58.3 Å². The highest BCUT2D eigenvalue weighted by atomic mass is 32.1. The quantitative estimate of drug-likeness (QED) is 0.163. The summed E-state index contributed by atoms with van der Waals surface area (Å²) < 4.78 is 13.7. The first-order valence-electron chi connectivity index (χ1n) is 14.8. The summed E-state index contributed by atoms with van der Waals surface area (Å²) in [4.78, 5) is 24.2. The number of carbonyl (C=O) groups is 1. The highest BCUT2D eigenvalue weighted by Crippen LogP contribution is 2.48. The van der Waals surface area contributed by atoms with E-state index in [1.807, 2.05) is 42.6 Å². The van der Waals surface area contributed by atoms with Crippen molar-refractivity contribution < 1.29 is 14.1 Å². The van der Waals surface area contributed by atoms with Crippen LogP contribution in [0.5, 0.6) is 5.88 Å². The van der Waals surface area contributed by atoms with Gasteiger partial charge in [-0.1, -0.05) is 91.9 Å². The van der Waals surface area contributed by atoms with Crippen molar-refractivity contribution in [1.82, 2.24) is 19.5 Å². The van der Waals surface area contributed by atoms with Gasteiger partial charge in [0.05, 0.1) is 29.9 Å². The minimum atomic E-state index is -0.131. The van der Waals surface area contributed by atoms with Crippen molar-refractivity contribution in [2.24, 2.45) is 5.41 Å². The van der Waals surface area contributed by atoms with Crippen LogP contribution in [-0.2, 0) is 29.5 Å². The number of imidazole rings is 1. The molecule has 0 unspecified atom stereocenters. The zero-order valence-electron chi connectivity index (χ0n) is 24.7. The maximum Gasteiger partial charge on any atom is 0.214 e. The third kappa shape index (κ3) is 5.97. The number of thiazole rings is 1. The Labute approximate surface area is 254 Å². The number of benzene rings is 2. The lowest BCUT2D eigenvalue weighted by atomic mass is 9.93. The summed E-state index contributed by atoms with van der Waals surface area (Å²) in [6, 6.07) is 24.6. The van der Waals surface area contributed by atoms with Gasteiger partial charge in [-0.15, -0.1) is 0 Å². The standard InChI is InChI=1S/C35H34N4O3S/c1-34(2,3)30-19-26(38-42-30)18-27(40)17-23-9-11-25(12-10-23)28-21-39-29-13-14-31(37-32(29)43-33(39)36-28)41-22-35(15-16-35)20-24-7-5-4-6-8-24/h4-14,19,21H,15-18,20,22H2,1-3H3. The zero-order chi connectivity index (χ0) is 29.6. The van der Waals surface area contributed by atoms with Crippen LogP contribution in [0.4, 0.5) is 0 Å². The van der Waals surface area contributed by atoms with Gasteiger partial charge in [0.1, 0.15) is 16.4 Å². The average molecular weight is 591 g/mol. The Hall–Kier alpha value is -4.30. The van der Waals surface area contributed by atoms with Crippen molar-refractivity contribution in [3.05, 3.63) is 102 Å². The largest absolute Gasteiger partial charge is 0.477 e. The van der Waals surface area contributed by atoms with Crippen LogP contribution in [0.15, 0.2) is 83.5 Å². The van der Waals surface area contributed by atoms with Gasteiger partial charge in [0, 0.05) is 41.1 Å². The number of rotatable bonds is 10. The maximum atomic E-state index is 12.7. The van der Waals surface area contributed by atoms with E-state index in [1.165, 1.54) is 18.4 Å². The zero-order valence-corrected chi connectivity index (χ0v) is 25.5. The van der Waals surface area contributed by atoms with E-state index in [1.54, 1.807) is 11.3 Å². The number of nitrogens with zero attached hydrogens (tertiary/aromatic N) is 4. The Kier molecular flexibility index (Phi) is 6.89. The maximum absolute atomic E-state index is 12.7. The lowest BCUT2D eigenvalue weighted by Gasteiger charge is -2.15. The fourth-order valence-corrected chi connectivity index (χ4v) is 6.40. The molecule has 0 radical (unpaired) electrons. The van der Waals surface area contributed by atoms with E-state index in [0.29, 0.717) is 24.6 Å². The molecule has 0 spiro atoms. The molecule has 218 valence electrons. The summed E-state index contributed by atoms with van der Waals surface area (Å²) in [6.07, 6.45) is 6.10. The second-order valence-corrected chi connectivity index (χ2v) is 13.8. The number of carbonyl (C=O) groups excluding carboxylic acids is 1. The Morgan fingerprint density at radius 3 is 2.49 bits per heavy atom. The molecule has 4 heterocycles. The smallest absolute Gasteiger partial charge is 0.214 e. The molecule has 0 atom stereocenters. The van der Waals surface area contributed by atoms with Crippen LogP contribution >= 0.6 is 11.3 Å². The molecule has 8 heteroatoms. The molecule has 0 N–H and O–H groups in total. The summed E-state index contributed by atoms with van der Waals surface area (Å²) in [7, 11) is 0. The predicted molar refractivity (Wildman–Crippen MR) is 169 cm³/mol. The van der Waals surface area contributed by atoms with Crippen LogP contribution < -0.4 is 4.74 Å². The molecule has 0 aliphatic heterocycles. The third-order valence-electron chi connectivity index (χ3n) is 8.17.